The Morgan fingerprint density at radius 1 is 1.09 bits per heavy atom. The zero-order valence-corrected chi connectivity index (χ0v) is 19.4. The highest BCUT2D eigenvalue weighted by Gasteiger charge is 2.37. The molecule has 4 heterocycles. The van der Waals surface area contributed by atoms with Gasteiger partial charge in [-0.3, -0.25) is 0 Å². The van der Waals surface area contributed by atoms with Crippen molar-refractivity contribution in [3.63, 3.8) is 0 Å². The Balaban J connectivity index is 1.40. The normalized spacial score (nSPS) is 21.1. The molecule has 0 radical (unpaired) electrons. The van der Waals surface area contributed by atoms with Crippen molar-refractivity contribution in [3.05, 3.63) is 59.4 Å². The molecule has 182 valence electrons. The third kappa shape index (κ3) is 3.76. The molecule has 2 aromatic heterocycles. The summed E-state index contributed by atoms with van der Waals surface area (Å²) in [6.07, 6.45) is -2.96. The van der Waals surface area contributed by atoms with E-state index < -0.39 is 17.8 Å². The predicted octanol–water partition coefficient (Wildman–Crippen LogP) is 4.86. The highest BCUT2D eigenvalue weighted by molar-refractivity contribution is 6.01. The van der Waals surface area contributed by atoms with E-state index in [1.165, 1.54) is 23.9 Å². The molecule has 0 spiro atoms. The number of hydrogen-bond acceptors (Lipinski definition) is 6. The Bertz CT molecular complexity index is 1410. The van der Waals surface area contributed by atoms with Gasteiger partial charge in [-0.25, -0.2) is 4.98 Å². The average molecular weight is 483 g/mol. The fourth-order valence-electron chi connectivity index (χ4n) is 5.47. The summed E-state index contributed by atoms with van der Waals surface area (Å²) < 4.78 is 47.5. The Labute approximate surface area is 199 Å². The SMILES string of the molecule is Cc1c([C@@H](C)Nc2nn3ncnc3c3ccc(N4C[C@H]5COC[C@H]5C4)cc23)cccc1C(F)(F)F. The number of hydrogen-bond donors (Lipinski definition) is 1. The lowest BCUT2D eigenvalue weighted by atomic mass is 9.97. The second kappa shape index (κ2) is 8.08. The number of ether oxygens (including phenoxy) is 1. The summed E-state index contributed by atoms with van der Waals surface area (Å²) in [5.41, 5.74) is 1.86. The number of nitrogens with one attached hydrogen (secondary N) is 1. The van der Waals surface area contributed by atoms with Gasteiger partial charge in [0.05, 0.1) is 24.8 Å². The topological polar surface area (TPSA) is 67.6 Å². The summed E-state index contributed by atoms with van der Waals surface area (Å²) in [4.78, 5) is 6.73. The third-order valence-corrected chi connectivity index (χ3v) is 7.33. The van der Waals surface area contributed by atoms with Crippen LogP contribution in [0, 0.1) is 18.8 Å². The zero-order valence-electron chi connectivity index (χ0n) is 19.4. The van der Waals surface area contributed by atoms with Crippen molar-refractivity contribution in [1.29, 1.82) is 0 Å². The van der Waals surface area contributed by atoms with Crippen molar-refractivity contribution in [2.75, 3.05) is 36.5 Å². The van der Waals surface area contributed by atoms with Gasteiger partial charge in [0.2, 0.25) is 0 Å². The van der Waals surface area contributed by atoms with E-state index in [0.717, 1.165) is 48.8 Å². The van der Waals surface area contributed by atoms with Gasteiger partial charge in [0.1, 0.15) is 6.33 Å². The molecule has 2 fully saturated rings. The monoisotopic (exact) mass is 482 g/mol. The lowest BCUT2D eigenvalue weighted by Gasteiger charge is -2.22. The van der Waals surface area contributed by atoms with Gasteiger partial charge in [-0.15, -0.1) is 14.8 Å². The molecule has 0 saturated carbocycles. The van der Waals surface area contributed by atoms with Gasteiger partial charge in [-0.05, 0) is 49.2 Å². The molecule has 2 aliphatic rings. The van der Waals surface area contributed by atoms with Crippen LogP contribution >= 0.6 is 0 Å². The van der Waals surface area contributed by atoms with E-state index in [9.17, 15) is 13.2 Å². The average Bonchev–Trinajstić information content (AvgIpc) is 3.54. The standard InChI is InChI=1S/C25H25F3N6O/c1-14-19(4-3-5-22(14)25(26,27)28)15(2)31-23-21-8-18(33-9-16-11-35-12-17(16)10-33)6-7-20(21)24-29-13-30-34(24)32-23/h3-8,13,15-17H,9-12H2,1-2H3,(H,31,32)/t15-,16-,17+/m1/s1. The van der Waals surface area contributed by atoms with E-state index >= 15 is 0 Å². The first-order valence-corrected chi connectivity index (χ1v) is 11.7. The van der Waals surface area contributed by atoms with Crippen LogP contribution in [0.1, 0.15) is 29.7 Å². The molecule has 0 bridgehead atoms. The van der Waals surface area contributed by atoms with Crippen molar-refractivity contribution < 1.29 is 17.9 Å². The number of halogens is 3. The maximum atomic E-state index is 13.5. The highest BCUT2D eigenvalue weighted by atomic mass is 19.4. The smallest absolute Gasteiger partial charge is 0.381 e. The Kier molecular flexibility index (Phi) is 5.10. The van der Waals surface area contributed by atoms with Crippen LogP contribution in [0.4, 0.5) is 24.7 Å². The summed E-state index contributed by atoms with van der Waals surface area (Å²) in [5.74, 6) is 1.64. The number of alkyl halides is 3. The van der Waals surface area contributed by atoms with E-state index in [0.29, 0.717) is 28.9 Å². The first-order chi connectivity index (χ1) is 16.8. The first-order valence-electron chi connectivity index (χ1n) is 11.7. The minimum atomic E-state index is -4.40. The highest BCUT2D eigenvalue weighted by Crippen LogP contribution is 2.38. The molecule has 0 unspecified atom stereocenters. The van der Waals surface area contributed by atoms with Crippen molar-refractivity contribution >= 4 is 27.9 Å². The van der Waals surface area contributed by atoms with E-state index in [1.54, 1.807) is 6.07 Å². The van der Waals surface area contributed by atoms with Gasteiger partial charge in [0.25, 0.3) is 0 Å². The molecular formula is C25H25F3N6O. The molecule has 35 heavy (non-hydrogen) atoms. The maximum Gasteiger partial charge on any atom is 0.416 e. The van der Waals surface area contributed by atoms with Crippen LogP contribution in [-0.2, 0) is 10.9 Å². The largest absolute Gasteiger partial charge is 0.416 e. The molecule has 0 amide bonds. The number of fused-ring (bicyclic) bond motifs is 4. The van der Waals surface area contributed by atoms with Gasteiger partial charge >= 0.3 is 6.18 Å². The quantitative estimate of drug-likeness (QED) is 0.448. The van der Waals surface area contributed by atoms with Crippen LogP contribution in [0.25, 0.3) is 16.4 Å². The molecule has 1 N–H and O–H groups in total. The second-order valence-corrected chi connectivity index (χ2v) is 9.50. The molecule has 2 aromatic carbocycles. The van der Waals surface area contributed by atoms with Crippen molar-refractivity contribution in [1.82, 2.24) is 19.8 Å². The van der Waals surface area contributed by atoms with Gasteiger partial charge in [-0.1, -0.05) is 12.1 Å². The third-order valence-electron chi connectivity index (χ3n) is 7.33. The predicted molar refractivity (Wildman–Crippen MR) is 127 cm³/mol. The van der Waals surface area contributed by atoms with Crippen LogP contribution in [-0.4, -0.2) is 46.1 Å². The Morgan fingerprint density at radius 3 is 2.60 bits per heavy atom. The van der Waals surface area contributed by atoms with Gasteiger partial charge in [0.15, 0.2) is 11.5 Å². The number of rotatable bonds is 4. The molecule has 0 aliphatic carbocycles. The van der Waals surface area contributed by atoms with Crippen molar-refractivity contribution in [3.8, 4) is 0 Å². The summed E-state index contributed by atoms with van der Waals surface area (Å²) in [7, 11) is 0. The summed E-state index contributed by atoms with van der Waals surface area (Å²) >= 11 is 0. The maximum absolute atomic E-state index is 13.5. The van der Waals surface area contributed by atoms with Gasteiger partial charge in [0, 0.05) is 41.4 Å². The Hall–Kier alpha value is -3.40. The number of benzene rings is 2. The van der Waals surface area contributed by atoms with Crippen molar-refractivity contribution in [2.24, 2.45) is 11.8 Å². The lowest BCUT2D eigenvalue weighted by molar-refractivity contribution is -0.138. The molecule has 10 heteroatoms. The molecular weight excluding hydrogens is 457 g/mol. The minimum absolute atomic E-state index is 0.206. The van der Waals surface area contributed by atoms with E-state index in [2.05, 4.69) is 37.5 Å². The first kappa shape index (κ1) is 22.1. The second-order valence-electron chi connectivity index (χ2n) is 9.50. The van der Waals surface area contributed by atoms with Crippen LogP contribution < -0.4 is 10.2 Å². The zero-order chi connectivity index (χ0) is 24.3. The van der Waals surface area contributed by atoms with Gasteiger partial charge < -0.3 is 15.0 Å². The van der Waals surface area contributed by atoms with Crippen molar-refractivity contribution in [2.45, 2.75) is 26.1 Å². The Morgan fingerprint density at radius 2 is 1.86 bits per heavy atom. The fourth-order valence-corrected chi connectivity index (χ4v) is 5.47. The molecule has 2 saturated heterocycles. The molecule has 6 rings (SSSR count). The fraction of sp³-hybridized carbons (Fsp3) is 0.400. The van der Waals surface area contributed by atoms with Crippen LogP contribution in [0.5, 0.6) is 0 Å². The molecule has 7 nitrogen and oxygen atoms in total. The van der Waals surface area contributed by atoms with Crippen LogP contribution in [0.2, 0.25) is 0 Å². The van der Waals surface area contributed by atoms with Gasteiger partial charge in [-0.2, -0.15) is 13.2 Å². The van der Waals surface area contributed by atoms with E-state index in [-0.39, 0.29) is 5.56 Å². The summed E-state index contributed by atoms with van der Waals surface area (Å²) in [6.45, 7) is 6.84. The minimum Gasteiger partial charge on any atom is -0.381 e. The number of nitrogens with zero attached hydrogens (tertiary/aromatic N) is 5. The van der Waals surface area contributed by atoms with Crippen LogP contribution in [0.15, 0.2) is 42.7 Å². The molecule has 4 aromatic rings. The summed E-state index contributed by atoms with van der Waals surface area (Å²) in [6, 6.07) is 10.1. The van der Waals surface area contributed by atoms with Crippen LogP contribution in [0.3, 0.4) is 0 Å². The summed E-state index contributed by atoms with van der Waals surface area (Å²) in [5, 5.41) is 13.9. The number of anilines is 2. The number of aromatic nitrogens is 4. The van der Waals surface area contributed by atoms with E-state index in [1.807, 2.05) is 13.0 Å². The van der Waals surface area contributed by atoms with E-state index in [4.69, 9.17) is 4.74 Å². The lowest BCUT2D eigenvalue weighted by Crippen LogP contribution is -2.22. The molecule has 2 aliphatic heterocycles. The molecule has 3 atom stereocenters.